The molecular weight excluding hydrogens is 362 g/mol. The molecule has 1 aliphatic heterocycles. The first-order valence-electron chi connectivity index (χ1n) is 10.3. The highest BCUT2D eigenvalue weighted by atomic mass is 16.5. The molecule has 4 nitrogen and oxygen atoms in total. The third-order valence-electron chi connectivity index (χ3n) is 6.97. The highest BCUT2D eigenvalue weighted by Crippen LogP contribution is 2.47. The predicted octanol–water partition coefficient (Wildman–Crippen LogP) is 4.60. The molecule has 154 valence electrons. The van der Waals surface area contributed by atoms with Crippen molar-refractivity contribution in [1.29, 1.82) is 0 Å². The molecule has 0 saturated carbocycles. The maximum Gasteiger partial charge on any atom is 0.203 e. The predicted molar refractivity (Wildman–Crippen MR) is 116 cm³/mol. The normalized spacial score (nSPS) is 24.8. The Morgan fingerprint density at radius 1 is 1.03 bits per heavy atom. The van der Waals surface area contributed by atoms with Gasteiger partial charge in [-0.25, -0.2) is 0 Å². The van der Waals surface area contributed by atoms with Gasteiger partial charge in [-0.15, -0.1) is 0 Å². The first kappa shape index (κ1) is 19.7. The van der Waals surface area contributed by atoms with Gasteiger partial charge in [-0.05, 0) is 53.8 Å². The topological polar surface area (TPSA) is 30.9 Å². The van der Waals surface area contributed by atoms with Crippen LogP contribution in [0.15, 0.2) is 48.7 Å². The Morgan fingerprint density at radius 2 is 1.72 bits per heavy atom. The Morgan fingerprint density at radius 3 is 2.38 bits per heavy atom. The summed E-state index contributed by atoms with van der Waals surface area (Å²) in [5.74, 6) is 2.64. The number of benzene rings is 2. The molecule has 1 heterocycles. The van der Waals surface area contributed by atoms with Crippen LogP contribution in [0.25, 0.3) is 0 Å². The Bertz CT molecular complexity index is 897. The van der Waals surface area contributed by atoms with Crippen LogP contribution < -0.4 is 14.2 Å². The lowest BCUT2D eigenvalue weighted by molar-refractivity contribution is 0.132. The number of fused-ring (bicyclic) bond motifs is 4. The summed E-state index contributed by atoms with van der Waals surface area (Å²) in [6.07, 6.45) is 6.75. The molecule has 29 heavy (non-hydrogen) atoms. The third-order valence-corrected chi connectivity index (χ3v) is 6.97. The summed E-state index contributed by atoms with van der Waals surface area (Å²) in [7, 11) is 4.96. The summed E-state index contributed by atoms with van der Waals surface area (Å²) in [6.45, 7) is 5.74. The van der Waals surface area contributed by atoms with Gasteiger partial charge >= 0.3 is 0 Å². The summed E-state index contributed by atoms with van der Waals surface area (Å²) >= 11 is 0. The van der Waals surface area contributed by atoms with Gasteiger partial charge in [-0.2, -0.15) is 0 Å². The minimum Gasteiger partial charge on any atom is -0.493 e. The van der Waals surface area contributed by atoms with Crippen molar-refractivity contribution >= 4 is 0 Å². The Kier molecular flexibility index (Phi) is 5.20. The van der Waals surface area contributed by atoms with Crippen LogP contribution in [-0.4, -0.2) is 38.8 Å². The van der Waals surface area contributed by atoms with Crippen molar-refractivity contribution in [1.82, 2.24) is 4.90 Å². The summed E-state index contributed by atoms with van der Waals surface area (Å²) < 4.78 is 16.5. The summed E-state index contributed by atoms with van der Waals surface area (Å²) in [5.41, 5.74) is 4.28. The lowest BCUT2D eigenvalue weighted by Crippen LogP contribution is -2.53. The molecule has 0 aromatic heterocycles. The second-order valence-corrected chi connectivity index (χ2v) is 8.34. The molecule has 2 aliphatic rings. The number of nitrogens with zero attached hydrogens (tertiary/aromatic N) is 1. The monoisotopic (exact) mass is 393 g/mol. The van der Waals surface area contributed by atoms with Gasteiger partial charge in [-0.3, -0.25) is 0 Å². The fourth-order valence-electron chi connectivity index (χ4n) is 5.06. The molecular formula is C25H31NO3. The van der Waals surface area contributed by atoms with E-state index in [4.69, 9.17) is 14.2 Å². The van der Waals surface area contributed by atoms with Gasteiger partial charge in [0.25, 0.3) is 0 Å². The molecule has 4 heteroatoms. The van der Waals surface area contributed by atoms with E-state index in [2.05, 4.69) is 67.4 Å². The summed E-state index contributed by atoms with van der Waals surface area (Å²) in [6, 6.07) is 13.6. The average molecular weight is 394 g/mol. The van der Waals surface area contributed by atoms with E-state index in [1.54, 1.807) is 21.3 Å². The van der Waals surface area contributed by atoms with E-state index in [0.717, 1.165) is 19.4 Å². The van der Waals surface area contributed by atoms with Crippen molar-refractivity contribution in [2.24, 2.45) is 5.92 Å². The van der Waals surface area contributed by atoms with Crippen molar-refractivity contribution in [3.8, 4) is 17.2 Å². The highest BCUT2D eigenvalue weighted by molar-refractivity contribution is 5.54. The zero-order valence-corrected chi connectivity index (χ0v) is 18.1. The van der Waals surface area contributed by atoms with Crippen LogP contribution in [0.4, 0.5) is 0 Å². The molecule has 3 atom stereocenters. The second-order valence-electron chi connectivity index (χ2n) is 8.34. The van der Waals surface area contributed by atoms with E-state index in [9.17, 15) is 0 Å². The van der Waals surface area contributed by atoms with Crippen molar-refractivity contribution in [2.45, 2.75) is 38.1 Å². The molecule has 0 spiro atoms. The van der Waals surface area contributed by atoms with Gasteiger partial charge in [0.05, 0.1) is 21.3 Å². The van der Waals surface area contributed by atoms with Crippen molar-refractivity contribution in [3.63, 3.8) is 0 Å². The Balaban J connectivity index is 1.57. The van der Waals surface area contributed by atoms with Crippen LogP contribution in [0.3, 0.4) is 0 Å². The number of hydrogen-bond donors (Lipinski definition) is 0. The zero-order valence-electron chi connectivity index (χ0n) is 18.1. The molecule has 0 N–H and O–H groups in total. The first-order valence-corrected chi connectivity index (χ1v) is 10.3. The zero-order chi connectivity index (χ0) is 20.6. The minimum absolute atomic E-state index is 0.114. The van der Waals surface area contributed by atoms with Crippen LogP contribution in [0.5, 0.6) is 17.2 Å². The maximum absolute atomic E-state index is 5.51. The van der Waals surface area contributed by atoms with Gasteiger partial charge in [0.2, 0.25) is 5.75 Å². The molecule has 1 unspecified atom stereocenters. The molecule has 0 radical (unpaired) electrons. The number of allylic oxidation sites excluding steroid dienone is 1. The van der Waals surface area contributed by atoms with Crippen LogP contribution >= 0.6 is 0 Å². The summed E-state index contributed by atoms with van der Waals surface area (Å²) in [5, 5.41) is 0. The smallest absolute Gasteiger partial charge is 0.203 e. The molecule has 0 fully saturated rings. The van der Waals surface area contributed by atoms with E-state index in [1.165, 1.54) is 16.7 Å². The molecule has 0 amide bonds. The van der Waals surface area contributed by atoms with Gasteiger partial charge in [0, 0.05) is 18.0 Å². The third kappa shape index (κ3) is 3.25. The maximum atomic E-state index is 5.51. The van der Waals surface area contributed by atoms with E-state index in [0.29, 0.717) is 29.2 Å². The van der Waals surface area contributed by atoms with Crippen LogP contribution in [0.1, 0.15) is 30.5 Å². The molecule has 1 aliphatic carbocycles. The van der Waals surface area contributed by atoms with Crippen molar-refractivity contribution in [2.75, 3.05) is 27.9 Å². The van der Waals surface area contributed by atoms with Gasteiger partial charge in [-0.1, -0.05) is 44.2 Å². The molecule has 2 aromatic rings. The second kappa shape index (κ2) is 7.66. The quantitative estimate of drug-likeness (QED) is 0.718. The molecule has 2 bridgehead atoms. The molecule has 0 saturated heterocycles. The first-order chi connectivity index (χ1) is 14.0. The van der Waals surface area contributed by atoms with E-state index in [1.807, 2.05) is 0 Å². The number of methoxy groups -OCH3 is 3. The van der Waals surface area contributed by atoms with E-state index < -0.39 is 0 Å². The minimum atomic E-state index is 0.114. The lowest BCUT2D eigenvalue weighted by atomic mass is 9.61. The Hall–Kier alpha value is -2.62. The number of rotatable bonds is 6. The Labute approximate surface area is 174 Å². The standard InChI is InChI=1S/C25H31NO3/c1-17-21-16-19-8-6-7-9-20(19)25(17,2)11-13-26(21)12-10-18-14-22(27-3)24(29-5)23(15-18)28-4/h6-9,11,13-15,17,21H,10,12,16H2,1-5H3/t17-,21?,25+/m0/s1. The van der Waals surface area contributed by atoms with Gasteiger partial charge in [0.1, 0.15) is 0 Å². The summed E-state index contributed by atoms with van der Waals surface area (Å²) in [4.78, 5) is 2.52. The average Bonchev–Trinajstić information content (AvgIpc) is 2.74. The highest BCUT2D eigenvalue weighted by Gasteiger charge is 2.45. The van der Waals surface area contributed by atoms with Gasteiger partial charge in [0.15, 0.2) is 11.5 Å². The van der Waals surface area contributed by atoms with Crippen molar-refractivity contribution < 1.29 is 14.2 Å². The van der Waals surface area contributed by atoms with E-state index in [-0.39, 0.29) is 5.41 Å². The van der Waals surface area contributed by atoms with Crippen molar-refractivity contribution in [3.05, 3.63) is 65.4 Å². The van der Waals surface area contributed by atoms with Crippen LogP contribution in [0.2, 0.25) is 0 Å². The molecule has 2 aromatic carbocycles. The number of hydrogen-bond acceptors (Lipinski definition) is 4. The van der Waals surface area contributed by atoms with Crippen LogP contribution in [0, 0.1) is 5.92 Å². The number of ether oxygens (including phenoxy) is 3. The fraction of sp³-hybridized carbons (Fsp3) is 0.440. The molecule has 4 rings (SSSR count). The van der Waals surface area contributed by atoms with E-state index >= 15 is 0 Å². The fourth-order valence-corrected chi connectivity index (χ4v) is 5.06. The van der Waals surface area contributed by atoms with Gasteiger partial charge < -0.3 is 19.1 Å². The largest absolute Gasteiger partial charge is 0.493 e. The van der Waals surface area contributed by atoms with Crippen LogP contribution in [-0.2, 0) is 18.3 Å². The lowest BCUT2D eigenvalue weighted by Gasteiger charge is -2.51. The SMILES string of the molecule is COc1cc(CCN2C=C[C@@]3(C)c4ccccc4CC2[C@@H]3C)cc(OC)c1OC.